The van der Waals surface area contributed by atoms with Crippen molar-refractivity contribution in [3.05, 3.63) is 0 Å². The van der Waals surface area contributed by atoms with Crippen LogP contribution >= 0.6 is 0 Å². The van der Waals surface area contributed by atoms with Gasteiger partial charge in [0.25, 0.3) is 0 Å². The van der Waals surface area contributed by atoms with E-state index in [0.717, 1.165) is 6.42 Å². The fourth-order valence-corrected chi connectivity index (χ4v) is 1.21. The molecule has 0 bridgehead atoms. The second-order valence-electron chi connectivity index (χ2n) is 4.17. The molecule has 0 fully saturated rings. The van der Waals surface area contributed by atoms with Crippen molar-refractivity contribution in [3.63, 3.8) is 0 Å². The van der Waals surface area contributed by atoms with E-state index in [2.05, 4.69) is 35.0 Å². The van der Waals surface area contributed by atoms with E-state index in [9.17, 15) is 0 Å². The van der Waals surface area contributed by atoms with Gasteiger partial charge >= 0.3 is 0 Å². The number of nitrogens with zero attached hydrogens (tertiary/aromatic N) is 1. The zero-order valence-electron chi connectivity index (χ0n) is 9.26. The van der Waals surface area contributed by atoms with Gasteiger partial charge in [-0.3, -0.25) is 0 Å². The van der Waals surface area contributed by atoms with E-state index < -0.39 is 0 Å². The third-order valence-corrected chi connectivity index (χ3v) is 1.80. The Bertz CT molecular complexity index is 107. The summed E-state index contributed by atoms with van der Waals surface area (Å²) in [5.41, 5.74) is 0. The summed E-state index contributed by atoms with van der Waals surface area (Å²) < 4.78 is 0.613. The van der Waals surface area contributed by atoms with Crippen molar-refractivity contribution in [2.45, 2.75) is 45.6 Å². The Morgan fingerprint density at radius 1 is 1.17 bits per heavy atom. The van der Waals surface area contributed by atoms with Gasteiger partial charge in [0, 0.05) is 0 Å². The molecule has 0 saturated carbocycles. The molecule has 1 unspecified atom stereocenters. The first-order valence-electron chi connectivity index (χ1n) is 4.99. The van der Waals surface area contributed by atoms with Crippen molar-refractivity contribution < 1.29 is 9.48 Å². The first kappa shape index (κ1) is 11.9. The minimum Gasteiger partial charge on any atom is -0.200 e. The van der Waals surface area contributed by atoms with Crippen LogP contribution in [0, 0.1) is 0 Å². The summed E-state index contributed by atoms with van der Waals surface area (Å²) in [4.78, 5) is 5.83. The molecule has 12 heavy (non-hydrogen) atoms. The summed E-state index contributed by atoms with van der Waals surface area (Å²) in [7, 11) is 6.19. The Morgan fingerprint density at radius 3 is 2.08 bits per heavy atom. The van der Waals surface area contributed by atoms with E-state index in [4.69, 9.17) is 4.84 Å². The number of hydroxylamine groups is 3. The SMILES string of the molecule is CCCCC(CC)O[N+](C)(C)C. The molecule has 2 nitrogen and oxygen atoms in total. The minimum atomic E-state index is 0.435. The lowest BCUT2D eigenvalue weighted by Gasteiger charge is -2.26. The predicted molar refractivity (Wildman–Crippen MR) is 52.7 cm³/mol. The zero-order chi connectivity index (χ0) is 9.61. The molecule has 0 N–H and O–H groups in total. The molecule has 0 aliphatic rings. The maximum absolute atomic E-state index is 5.83. The highest BCUT2D eigenvalue weighted by Crippen LogP contribution is 2.11. The molecule has 1 atom stereocenters. The highest BCUT2D eigenvalue weighted by atomic mass is 16.7. The summed E-state index contributed by atoms with van der Waals surface area (Å²) in [6, 6.07) is 0. The quantitative estimate of drug-likeness (QED) is 0.444. The van der Waals surface area contributed by atoms with E-state index in [0.29, 0.717) is 10.8 Å². The van der Waals surface area contributed by atoms with E-state index in [1.807, 2.05) is 0 Å². The normalized spacial score (nSPS) is 14.8. The molecule has 0 rings (SSSR count). The largest absolute Gasteiger partial charge is 0.200 e. The Hall–Kier alpha value is -0.0800. The molecule has 0 aromatic rings. The van der Waals surface area contributed by atoms with Gasteiger partial charge in [-0.1, -0.05) is 26.7 Å². The number of rotatable bonds is 6. The summed E-state index contributed by atoms with van der Waals surface area (Å²) in [5, 5.41) is 0. The maximum atomic E-state index is 5.83. The van der Waals surface area contributed by atoms with Crippen LogP contribution in [-0.2, 0) is 4.84 Å². The second kappa shape index (κ2) is 5.55. The molecule has 0 heterocycles. The standard InChI is InChI=1S/C10H24NO/c1-6-8-9-10(7-2)12-11(3,4)5/h10H,6-9H2,1-5H3/q+1. The molecule has 0 spiro atoms. The molecule has 0 aliphatic heterocycles. The lowest BCUT2D eigenvalue weighted by Crippen LogP contribution is -2.38. The smallest absolute Gasteiger partial charge is 0.117 e. The lowest BCUT2D eigenvalue weighted by molar-refractivity contribution is -1.07. The van der Waals surface area contributed by atoms with Crippen molar-refractivity contribution in [3.8, 4) is 0 Å². The van der Waals surface area contributed by atoms with Crippen LogP contribution < -0.4 is 0 Å². The summed E-state index contributed by atoms with van der Waals surface area (Å²) in [6.07, 6.45) is 5.29. The average molecular weight is 174 g/mol. The van der Waals surface area contributed by atoms with Crippen molar-refractivity contribution in [1.29, 1.82) is 0 Å². The van der Waals surface area contributed by atoms with Gasteiger partial charge in [0.1, 0.15) is 6.10 Å². The first-order valence-corrected chi connectivity index (χ1v) is 4.99. The van der Waals surface area contributed by atoms with Crippen molar-refractivity contribution in [2.24, 2.45) is 0 Å². The molecular weight excluding hydrogens is 150 g/mol. The van der Waals surface area contributed by atoms with Crippen LogP contribution in [0.25, 0.3) is 0 Å². The van der Waals surface area contributed by atoms with Gasteiger partial charge in [-0.05, 0) is 12.8 Å². The maximum Gasteiger partial charge on any atom is 0.117 e. The summed E-state index contributed by atoms with van der Waals surface area (Å²) >= 11 is 0. The zero-order valence-corrected chi connectivity index (χ0v) is 9.26. The minimum absolute atomic E-state index is 0.435. The fourth-order valence-electron chi connectivity index (χ4n) is 1.21. The van der Waals surface area contributed by atoms with Crippen molar-refractivity contribution in [2.75, 3.05) is 21.1 Å². The number of unbranched alkanes of at least 4 members (excludes halogenated alkanes) is 1. The Morgan fingerprint density at radius 2 is 1.75 bits per heavy atom. The van der Waals surface area contributed by atoms with Gasteiger partial charge < -0.3 is 0 Å². The molecule has 0 aromatic carbocycles. The molecule has 0 aliphatic carbocycles. The number of hydrogen-bond acceptors (Lipinski definition) is 1. The van der Waals surface area contributed by atoms with Crippen molar-refractivity contribution in [1.82, 2.24) is 0 Å². The van der Waals surface area contributed by atoms with E-state index in [-0.39, 0.29) is 0 Å². The molecule has 0 saturated heterocycles. The van der Waals surface area contributed by atoms with Gasteiger partial charge in [-0.2, -0.15) is 4.65 Å². The monoisotopic (exact) mass is 174 g/mol. The average Bonchev–Trinajstić information content (AvgIpc) is 1.95. The number of hydrogen-bond donors (Lipinski definition) is 0. The third-order valence-electron chi connectivity index (χ3n) is 1.80. The molecule has 0 aromatic heterocycles. The van der Waals surface area contributed by atoms with E-state index >= 15 is 0 Å². The molecule has 0 amide bonds. The van der Waals surface area contributed by atoms with Gasteiger partial charge in [-0.15, -0.1) is 0 Å². The van der Waals surface area contributed by atoms with Gasteiger partial charge in [0.15, 0.2) is 0 Å². The van der Waals surface area contributed by atoms with Crippen LogP contribution in [0.5, 0.6) is 0 Å². The number of quaternary nitrogens is 1. The van der Waals surface area contributed by atoms with E-state index in [1.165, 1.54) is 19.3 Å². The second-order valence-corrected chi connectivity index (χ2v) is 4.17. The van der Waals surface area contributed by atoms with Gasteiger partial charge in [-0.25, -0.2) is 4.84 Å². The van der Waals surface area contributed by atoms with Crippen molar-refractivity contribution >= 4 is 0 Å². The highest BCUT2D eigenvalue weighted by Gasteiger charge is 2.16. The lowest BCUT2D eigenvalue weighted by atomic mass is 10.1. The Labute approximate surface area is 77.1 Å². The molecule has 2 heteroatoms. The molecule has 0 radical (unpaired) electrons. The topological polar surface area (TPSA) is 9.23 Å². The van der Waals surface area contributed by atoms with Crippen LogP contribution in [-0.4, -0.2) is 31.9 Å². The predicted octanol–water partition coefficient (Wildman–Crippen LogP) is 2.59. The Kier molecular flexibility index (Phi) is 5.51. The van der Waals surface area contributed by atoms with Crippen LogP contribution in [0.3, 0.4) is 0 Å². The molecular formula is C10H24NO+. The van der Waals surface area contributed by atoms with Crippen LogP contribution in [0.4, 0.5) is 0 Å². The third kappa shape index (κ3) is 6.62. The van der Waals surface area contributed by atoms with E-state index in [1.54, 1.807) is 0 Å². The molecule has 74 valence electrons. The van der Waals surface area contributed by atoms with Crippen LogP contribution in [0.15, 0.2) is 0 Å². The summed E-state index contributed by atoms with van der Waals surface area (Å²) in [5.74, 6) is 0. The fraction of sp³-hybridized carbons (Fsp3) is 1.00. The van der Waals surface area contributed by atoms with Gasteiger partial charge in [0.05, 0.1) is 21.1 Å². The van der Waals surface area contributed by atoms with Crippen LogP contribution in [0.2, 0.25) is 0 Å². The van der Waals surface area contributed by atoms with Crippen LogP contribution in [0.1, 0.15) is 39.5 Å². The first-order chi connectivity index (χ1) is 5.49. The Balaban J connectivity index is 3.67. The summed E-state index contributed by atoms with van der Waals surface area (Å²) in [6.45, 7) is 4.41. The van der Waals surface area contributed by atoms with Gasteiger partial charge in [0.2, 0.25) is 0 Å². The highest BCUT2D eigenvalue weighted by molar-refractivity contribution is 4.52.